The second kappa shape index (κ2) is 9.28. The lowest BCUT2D eigenvalue weighted by Crippen LogP contribution is -2.40. The van der Waals surface area contributed by atoms with Gasteiger partial charge >= 0.3 is 0 Å². The third kappa shape index (κ3) is 5.36. The van der Waals surface area contributed by atoms with Crippen LogP contribution in [0.3, 0.4) is 0 Å². The van der Waals surface area contributed by atoms with Gasteiger partial charge < -0.3 is 5.32 Å². The van der Waals surface area contributed by atoms with Crippen LogP contribution in [0.5, 0.6) is 0 Å². The molecule has 1 aliphatic heterocycles. The summed E-state index contributed by atoms with van der Waals surface area (Å²) in [6.45, 7) is 2.82. The second-order valence-electron chi connectivity index (χ2n) is 6.56. The predicted molar refractivity (Wildman–Crippen MR) is 98.0 cm³/mol. The van der Waals surface area contributed by atoms with Crippen molar-refractivity contribution in [2.75, 3.05) is 19.6 Å². The van der Waals surface area contributed by atoms with Crippen LogP contribution in [0.4, 0.5) is 0 Å². The molecule has 1 saturated heterocycles. The van der Waals surface area contributed by atoms with E-state index in [1.807, 2.05) is 24.4 Å². The smallest absolute Gasteiger partial charge is 0.220 e. The number of likely N-dealkylation sites (tertiary alicyclic amines) is 1. The highest BCUT2D eigenvalue weighted by molar-refractivity contribution is 5.76. The molecule has 1 amide bonds. The van der Waals surface area contributed by atoms with Crippen LogP contribution in [0.1, 0.15) is 42.9 Å². The summed E-state index contributed by atoms with van der Waals surface area (Å²) >= 11 is 0. The zero-order valence-electron chi connectivity index (χ0n) is 14.6. The number of aryl methyl sites for hydroxylation is 1. The maximum Gasteiger partial charge on any atom is 0.220 e. The Bertz CT molecular complexity index is 641. The number of nitrogens with zero attached hydrogens (tertiary/aromatic N) is 3. The maximum absolute atomic E-state index is 12.3. The Labute approximate surface area is 149 Å². The molecule has 3 heterocycles. The van der Waals surface area contributed by atoms with Gasteiger partial charge in [-0.1, -0.05) is 12.5 Å². The van der Waals surface area contributed by atoms with Crippen molar-refractivity contribution in [2.24, 2.45) is 0 Å². The van der Waals surface area contributed by atoms with E-state index in [-0.39, 0.29) is 11.9 Å². The third-order valence-corrected chi connectivity index (χ3v) is 4.78. The fraction of sp³-hybridized carbons (Fsp3) is 0.450. The molecule has 5 heteroatoms. The van der Waals surface area contributed by atoms with E-state index in [4.69, 9.17) is 0 Å². The van der Waals surface area contributed by atoms with Gasteiger partial charge in [-0.3, -0.25) is 19.7 Å². The summed E-state index contributed by atoms with van der Waals surface area (Å²) in [6.07, 6.45) is 12.3. The monoisotopic (exact) mass is 338 g/mol. The summed E-state index contributed by atoms with van der Waals surface area (Å²) in [5.74, 6) is 0.0997. The van der Waals surface area contributed by atoms with Crippen LogP contribution in [0.2, 0.25) is 0 Å². The number of aromatic nitrogens is 2. The van der Waals surface area contributed by atoms with Crippen LogP contribution in [-0.2, 0) is 11.2 Å². The molecule has 132 valence electrons. The Kier molecular flexibility index (Phi) is 6.51. The van der Waals surface area contributed by atoms with E-state index in [0.29, 0.717) is 13.0 Å². The number of piperidine rings is 1. The molecule has 1 unspecified atom stereocenters. The molecule has 0 bridgehead atoms. The van der Waals surface area contributed by atoms with Crippen molar-refractivity contribution in [1.29, 1.82) is 0 Å². The summed E-state index contributed by atoms with van der Waals surface area (Å²) in [7, 11) is 0. The van der Waals surface area contributed by atoms with Crippen LogP contribution in [0.15, 0.2) is 49.1 Å². The first-order chi connectivity index (χ1) is 12.3. The van der Waals surface area contributed by atoms with E-state index in [0.717, 1.165) is 25.1 Å². The highest BCUT2D eigenvalue weighted by Crippen LogP contribution is 2.23. The lowest BCUT2D eigenvalue weighted by molar-refractivity contribution is -0.121. The molecular weight excluding hydrogens is 312 g/mol. The van der Waals surface area contributed by atoms with Gasteiger partial charge in [0.15, 0.2) is 0 Å². The van der Waals surface area contributed by atoms with E-state index >= 15 is 0 Å². The fourth-order valence-corrected chi connectivity index (χ4v) is 3.37. The minimum Gasteiger partial charge on any atom is -0.354 e. The lowest BCUT2D eigenvalue weighted by Gasteiger charge is -2.34. The van der Waals surface area contributed by atoms with Gasteiger partial charge in [-0.2, -0.15) is 0 Å². The topological polar surface area (TPSA) is 58.1 Å². The molecule has 1 atom stereocenters. The molecule has 3 rings (SSSR count). The van der Waals surface area contributed by atoms with Crippen molar-refractivity contribution >= 4 is 5.91 Å². The van der Waals surface area contributed by atoms with Gasteiger partial charge in [0.05, 0.1) is 6.04 Å². The van der Waals surface area contributed by atoms with Crippen LogP contribution in [-0.4, -0.2) is 40.4 Å². The van der Waals surface area contributed by atoms with Gasteiger partial charge in [0.2, 0.25) is 5.91 Å². The molecule has 1 aliphatic rings. The Morgan fingerprint density at radius 3 is 2.60 bits per heavy atom. The van der Waals surface area contributed by atoms with E-state index in [9.17, 15) is 4.79 Å². The fourth-order valence-electron chi connectivity index (χ4n) is 3.37. The normalized spacial score (nSPS) is 16.3. The number of hydrogen-bond acceptors (Lipinski definition) is 4. The first kappa shape index (κ1) is 17.5. The molecule has 1 N–H and O–H groups in total. The lowest BCUT2D eigenvalue weighted by atomic mass is 10.0. The van der Waals surface area contributed by atoms with Crippen LogP contribution < -0.4 is 5.32 Å². The van der Waals surface area contributed by atoms with Crippen LogP contribution in [0, 0.1) is 0 Å². The molecule has 5 nitrogen and oxygen atoms in total. The predicted octanol–water partition coefficient (Wildman–Crippen LogP) is 2.75. The molecule has 2 aromatic rings. The van der Waals surface area contributed by atoms with Gasteiger partial charge in [0.25, 0.3) is 0 Å². The van der Waals surface area contributed by atoms with Gasteiger partial charge in [-0.15, -0.1) is 0 Å². The third-order valence-electron chi connectivity index (χ3n) is 4.78. The van der Waals surface area contributed by atoms with Crippen molar-refractivity contribution in [3.8, 4) is 0 Å². The molecule has 2 aromatic heterocycles. The van der Waals surface area contributed by atoms with Crippen LogP contribution >= 0.6 is 0 Å². The Balaban J connectivity index is 1.55. The standard InChI is InChI=1S/C20H26N4O/c25-20(7-6-17-8-11-21-12-9-17)23-16-19(18-5-4-10-22-15-18)24-13-2-1-3-14-24/h4-5,8-12,15,19H,1-3,6-7,13-14,16H2,(H,23,25). The number of pyridine rings is 2. The van der Waals surface area contributed by atoms with Crippen molar-refractivity contribution in [3.05, 3.63) is 60.2 Å². The minimum absolute atomic E-state index is 0.0997. The zero-order valence-corrected chi connectivity index (χ0v) is 14.6. The van der Waals surface area contributed by atoms with Crippen molar-refractivity contribution < 1.29 is 4.79 Å². The summed E-state index contributed by atoms with van der Waals surface area (Å²) in [4.78, 5) is 23.0. The summed E-state index contributed by atoms with van der Waals surface area (Å²) in [6, 6.07) is 8.20. The van der Waals surface area contributed by atoms with Crippen molar-refractivity contribution in [2.45, 2.75) is 38.1 Å². The molecular formula is C20H26N4O. The first-order valence-electron chi connectivity index (χ1n) is 9.12. The first-order valence-corrected chi connectivity index (χ1v) is 9.12. The minimum atomic E-state index is 0.0997. The van der Waals surface area contributed by atoms with E-state index in [1.165, 1.54) is 24.8 Å². The Morgan fingerprint density at radius 2 is 1.88 bits per heavy atom. The summed E-state index contributed by atoms with van der Waals surface area (Å²) < 4.78 is 0. The van der Waals surface area contributed by atoms with Gasteiger partial charge in [0.1, 0.15) is 0 Å². The number of carbonyl (C=O) groups is 1. The van der Waals surface area contributed by atoms with Crippen molar-refractivity contribution in [3.63, 3.8) is 0 Å². The largest absolute Gasteiger partial charge is 0.354 e. The molecule has 0 radical (unpaired) electrons. The molecule has 1 fully saturated rings. The zero-order chi connectivity index (χ0) is 17.3. The molecule has 0 aliphatic carbocycles. The average molecular weight is 338 g/mol. The summed E-state index contributed by atoms with van der Waals surface area (Å²) in [5.41, 5.74) is 2.32. The number of carbonyl (C=O) groups excluding carboxylic acids is 1. The second-order valence-corrected chi connectivity index (χ2v) is 6.56. The highest BCUT2D eigenvalue weighted by Gasteiger charge is 2.22. The van der Waals surface area contributed by atoms with E-state index in [1.54, 1.807) is 18.6 Å². The summed E-state index contributed by atoms with van der Waals surface area (Å²) in [5, 5.41) is 3.12. The number of amides is 1. The quantitative estimate of drug-likeness (QED) is 0.843. The Morgan fingerprint density at radius 1 is 1.08 bits per heavy atom. The maximum atomic E-state index is 12.3. The van der Waals surface area contributed by atoms with E-state index in [2.05, 4.69) is 26.3 Å². The van der Waals surface area contributed by atoms with Crippen molar-refractivity contribution in [1.82, 2.24) is 20.2 Å². The average Bonchev–Trinajstić information content (AvgIpc) is 2.69. The Hall–Kier alpha value is -2.27. The molecule has 0 saturated carbocycles. The van der Waals surface area contributed by atoms with Gasteiger partial charge in [0, 0.05) is 37.8 Å². The number of rotatable bonds is 7. The molecule has 0 aromatic carbocycles. The highest BCUT2D eigenvalue weighted by atomic mass is 16.1. The van der Waals surface area contributed by atoms with Gasteiger partial charge in [-0.25, -0.2) is 0 Å². The molecule has 25 heavy (non-hydrogen) atoms. The van der Waals surface area contributed by atoms with Gasteiger partial charge in [-0.05, 0) is 61.7 Å². The number of hydrogen-bond donors (Lipinski definition) is 1. The van der Waals surface area contributed by atoms with Crippen LogP contribution in [0.25, 0.3) is 0 Å². The SMILES string of the molecule is O=C(CCc1ccncc1)NCC(c1cccnc1)N1CCCCC1. The number of nitrogens with one attached hydrogen (secondary N) is 1. The van der Waals surface area contributed by atoms with E-state index < -0.39 is 0 Å². The molecule has 0 spiro atoms.